The molecular formula is C18H20N2O2. The lowest BCUT2D eigenvalue weighted by Gasteiger charge is -2.24. The van der Waals surface area contributed by atoms with Crippen LogP contribution in [-0.2, 0) is 0 Å². The van der Waals surface area contributed by atoms with Crippen molar-refractivity contribution in [3.8, 4) is 0 Å². The Bertz CT molecular complexity index is 683. The Kier molecular flexibility index (Phi) is 4.09. The van der Waals surface area contributed by atoms with Gasteiger partial charge in [0, 0.05) is 23.5 Å². The summed E-state index contributed by atoms with van der Waals surface area (Å²) in [5.41, 5.74) is 7.86. The van der Waals surface area contributed by atoms with Crippen molar-refractivity contribution in [1.29, 1.82) is 0 Å². The Morgan fingerprint density at radius 3 is 2.50 bits per heavy atom. The van der Waals surface area contributed by atoms with E-state index in [1.165, 1.54) is 19.3 Å². The van der Waals surface area contributed by atoms with Crippen molar-refractivity contribution in [2.45, 2.75) is 38.0 Å². The first-order chi connectivity index (χ1) is 10.7. The molecule has 3 N–H and O–H groups in total. The lowest BCUT2D eigenvalue weighted by atomic mass is 9.79. The highest BCUT2D eigenvalue weighted by Gasteiger charge is 2.26. The highest BCUT2D eigenvalue weighted by atomic mass is 16.1. The molecule has 1 heterocycles. The second-order valence-electron chi connectivity index (χ2n) is 5.90. The summed E-state index contributed by atoms with van der Waals surface area (Å²) < 4.78 is 0. The maximum atomic E-state index is 12.9. The number of ketones is 1. The fourth-order valence-corrected chi connectivity index (χ4v) is 3.39. The van der Waals surface area contributed by atoms with Crippen LogP contribution in [0.3, 0.4) is 0 Å². The molecule has 0 saturated heterocycles. The minimum absolute atomic E-state index is 0.128. The minimum atomic E-state index is -0.545. The van der Waals surface area contributed by atoms with Crippen molar-refractivity contribution in [2.75, 3.05) is 0 Å². The zero-order valence-corrected chi connectivity index (χ0v) is 12.5. The smallest absolute Gasteiger partial charge is 0.249 e. The number of hydrogen-bond donors (Lipinski definition) is 2. The Morgan fingerprint density at radius 1 is 1.09 bits per heavy atom. The van der Waals surface area contributed by atoms with Gasteiger partial charge < -0.3 is 10.7 Å². The van der Waals surface area contributed by atoms with Crippen molar-refractivity contribution >= 4 is 11.7 Å². The third-order valence-corrected chi connectivity index (χ3v) is 4.49. The number of aromatic nitrogens is 1. The van der Waals surface area contributed by atoms with Gasteiger partial charge in [0.25, 0.3) is 0 Å². The first-order valence-electron chi connectivity index (χ1n) is 7.78. The van der Waals surface area contributed by atoms with Crippen molar-refractivity contribution in [3.63, 3.8) is 0 Å². The number of nitrogens with two attached hydrogens (primary N) is 1. The zero-order valence-electron chi connectivity index (χ0n) is 12.5. The van der Waals surface area contributed by atoms with Gasteiger partial charge in [-0.05, 0) is 36.5 Å². The number of hydrogen-bond acceptors (Lipinski definition) is 2. The molecule has 0 bridgehead atoms. The van der Waals surface area contributed by atoms with Gasteiger partial charge in [-0.15, -0.1) is 0 Å². The second kappa shape index (κ2) is 6.18. The SMILES string of the molecule is NC(=O)c1cccc(C2CCCCC2)c1C(=O)c1cc[nH]c1. The Morgan fingerprint density at radius 2 is 1.86 bits per heavy atom. The molecule has 1 aliphatic carbocycles. The van der Waals surface area contributed by atoms with E-state index < -0.39 is 5.91 Å². The van der Waals surface area contributed by atoms with E-state index in [9.17, 15) is 9.59 Å². The molecule has 0 unspecified atom stereocenters. The van der Waals surface area contributed by atoms with Gasteiger partial charge in [-0.25, -0.2) is 0 Å². The van der Waals surface area contributed by atoms with Crippen LogP contribution in [0.5, 0.6) is 0 Å². The van der Waals surface area contributed by atoms with Gasteiger partial charge >= 0.3 is 0 Å². The number of rotatable bonds is 4. The summed E-state index contributed by atoms with van der Waals surface area (Å²) in [6, 6.07) is 7.18. The number of nitrogens with one attached hydrogen (secondary N) is 1. The topological polar surface area (TPSA) is 76.0 Å². The third-order valence-electron chi connectivity index (χ3n) is 4.49. The molecule has 0 radical (unpaired) electrons. The summed E-state index contributed by atoms with van der Waals surface area (Å²) >= 11 is 0. The second-order valence-corrected chi connectivity index (χ2v) is 5.90. The number of primary amides is 1. The fourth-order valence-electron chi connectivity index (χ4n) is 3.39. The number of carbonyl (C=O) groups excluding carboxylic acids is 2. The molecule has 1 fully saturated rings. The van der Waals surface area contributed by atoms with Crippen LogP contribution in [0.25, 0.3) is 0 Å². The summed E-state index contributed by atoms with van der Waals surface area (Å²) in [5.74, 6) is -0.335. The Labute approximate surface area is 129 Å². The van der Waals surface area contributed by atoms with E-state index in [0.717, 1.165) is 18.4 Å². The number of aromatic amines is 1. The van der Waals surface area contributed by atoms with Crippen LogP contribution in [0.15, 0.2) is 36.7 Å². The largest absolute Gasteiger partial charge is 0.367 e. The normalized spacial score (nSPS) is 15.6. The van der Waals surface area contributed by atoms with Gasteiger partial charge in [0.1, 0.15) is 0 Å². The molecular weight excluding hydrogens is 276 g/mol. The van der Waals surface area contributed by atoms with Crippen LogP contribution in [0.1, 0.15) is 69.9 Å². The predicted molar refractivity (Wildman–Crippen MR) is 85.0 cm³/mol. The summed E-state index contributed by atoms with van der Waals surface area (Å²) in [6.07, 6.45) is 9.08. The van der Waals surface area contributed by atoms with E-state index >= 15 is 0 Å². The maximum Gasteiger partial charge on any atom is 0.249 e. The van der Waals surface area contributed by atoms with Crippen LogP contribution < -0.4 is 5.73 Å². The highest BCUT2D eigenvalue weighted by molar-refractivity contribution is 6.16. The molecule has 1 aromatic heterocycles. The van der Waals surface area contributed by atoms with Crippen molar-refractivity contribution in [2.24, 2.45) is 5.73 Å². The highest BCUT2D eigenvalue weighted by Crippen LogP contribution is 2.36. The molecule has 0 aliphatic heterocycles. The summed E-state index contributed by atoms with van der Waals surface area (Å²) in [4.78, 5) is 27.6. The van der Waals surface area contributed by atoms with Crippen molar-refractivity contribution in [3.05, 3.63) is 58.9 Å². The monoisotopic (exact) mass is 296 g/mol. The van der Waals surface area contributed by atoms with Gasteiger partial charge in [0.2, 0.25) is 5.91 Å². The molecule has 0 atom stereocenters. The van der Waals surface area contributed by atoms with Gasteiger partial charge in [0.05, 0.1) is 5.56 Å². The maximum absolute atomic E-state index is 12.9. The van der Waals surface area contributed by atoms with Crippen LogP contribution in [0.4, 0.5) is 0 Å². The lowest BCUT2D eigenvalue weighted by Crippen LogP contribution is -2.20. The molecule has 3 rings (SSSR count). The zero-order chi connectivity index (χ0) is 15.5. The molecule has 22 heavy (non-hydrogen) atoms. The third kappa shape index (κ3) is 2.69. The van der Waals surface area contributed by atoms with E-state index in [2.05, 4.69) is 4.98 Å². The quantitative estimate of drug-likeness (QED) is 0.848. The molecule has 1 amide bonds. The number of H-pyrrole nitrogens is 1. The molecule has 1 aromatic carbocycles. The molecule has 1 aliphatic rings. The number of amides is 1. The van der Waals surface area contributed by atoms with E-state index in [1.807, 2.05) is 12.1 Å². The van der Waals surface area contributed by atoms with E-state index in [4.69, 9.17) is 5.73 Å². The summed E-state index contributed by atoms with van der Waals surface area (Å²) in [7, 11) is 0. The van der Waals surface area contributed by atoms with Crippen LogP contribution in [-0.4, -0.2) is 16.7 Å². The van der Waals surface area contributed by atoms with Crippen LogP contribution in [0, 0.1) is 0 Å². The number of carbonyl (C=O) groups is 2. The lowest BCUT2D eigenvalue weighted by molar-refractivity contribution is 0.0980. The van der Waals surface area contributed by atoms with Crippen molar-refractivity contribution in [1.82, 2.24) is 4.98 Å². The first-order valence-corrected chi connectivity index (χ1v) is 7.78. The summed E-state index contributed by atoms with van der Waals surface area (Å²) in [5, 5.41) is 0. The summed E-state index contributed by atoms with van der Waals surface area (Å²) in [6.45, 7) is 0. The average molecular weight is 296 g/mol. The molecule has 4 nitrogen and oxygen atoms in total. The fraction of sp³-hybridized carbons (Fsp3) is 0.333. The van der Waals surface area contributed by atoms with E-state index in [0.29, 0.717) is 22.6 Å². The molecule has 0 spiro atoms. The van der Waals surface area contributed by atoms with Gasteiger partial charge in [0.15, 0.2) is 5.78 Å². The Balaban J connectivity index is 2.11. The first kappa shape index (κ1) is 14.6. The molecule has 114 valence electrons. The van der Waals surface area contributed by atoms with Crippen molar-refractivity contribution < 1.29 is 9.59 Å². The van der Waals surface area contributed by atoms with Crippen LogP contribution >= 0.6 is 0 Å². The average Bonchev–Trinajstić information content (AvgIpc) is 3.08. The minimum Gasteiger partial charge on any atom is -0.367 e. The predicted octanol–water partition coefficient (Wildman–Crippen LogP) is 3.39. The van der Waals surface area contributed by atoms with Gasteiger partial charge in [-0.2, -0.15) is 0 Å². The van der Waals surface area contributed by atoms with Gasteiger partial charge in [-0.1, -0.05) is 31.4 Å². The molecule has 4 heteroatoms. The standard InChI is InChI=1S/C18H20N2O2/c19-18(22)15-8-4-7-14(12-5-2-1-3-6-12)16(15)17(21)13-9-10-20-11-13/h4,7-12,20H,1-3,5-6H2,(H2,19,22). The Hall–Kier alpha value is -2.36. The van der Waals surface area contributed by atoms with E-state index in [-0.39, 0.29) is 5.78 Å². The molecule has 1 saturated carbocycles. The number of benzene rings is 1. The molecule has 2 aromatic rings. The van der Waals surface area contributed by atoms with E-state index in [1.54, 1.807) is 24.5 Å². The van der Waals surface area contributed by atoms with Gasteiger partial charge in [-0.3, -0.25) is 9.59 Å². The van der Waals surface area contributed by atoms with Crippen LogP contribution in [0.2, 0.25) is 0 Å².